The Balaban J connectivity index is 1.06. The van der Waals surface area contributed by atoms with E-state index >= 15 is 0 Å². The Labute approximate surface area is 263 Å². The lowest BCUT2D eigenvalue weighted by atomic mass is 9.78. The van der Waals surface area contributed by atoms with Crippen LogP contribution in [0.25, 0.3) is 0 Å². The van der Waals surface area contributed by atoms with E-state index in [9.17, 15) is 19.2 Å². The number of benzene rings is 1. The Hall–Kier alpha value is -3.84. The fraction of sp³-hybridized carbons (Fsp3) is 0.625. The molecule has 45 heavy (non-hydrogen) atoms. The number of hydrazine groups is 1. The first-order chi connectivity index (χ1) is 21.6. The number of ketones is 1. The van der Waals surface area contributed by atoms with Crippen molar-refractivity contribution in [3.8, 4) is 0 Å². The van der Waals surface area contributed by atoms with Crippen LogP contribution in [0.3, 0.4) is 0 Å². The molecule has 1 unspecified atom stereocenters. The zero-order valence-corrected chi connectivity index (χ0v) is 26.3. The number of azo groups is 1. The molecule has 2 aliphatic carbocycles. The van der Waals surface area contributed by atoms with Crippen LogP contribution < -0.4 is 10.7 Å². The van der Waals surface area contributed by atoms with Gasteiger partial charge in [-0.25, -0.2) is 14.6 Å². The second-order valence-electron chi connectivity index (χ2n) is 13.4. The SMILES string of the molecule is CC(C)(C)OC(=O)N1CCCN(C(=O)C2CCC(C3=C4C(=O)c5c(NC(=O)NN6CCOCC6)cccc5C4N=N3)CC2)CC1. The van der Waals surface area contributed by atoms with Gasteiger partial charge in [-0.05, 0) is 64.5 Å². The zero-order chi connectivity index (χ0) is 31.7. The van der Waals surface area contributed by atoms with Gasteiger partial charge in [0.2, 0.25) is 5.91 Å². The summed E-state index contributed by atoms with van der Waals surface area (Å²) in [6.07, 6.45) is 3.29. The number of hydrogen-bond donors (Lipinski definition) is 2. The van der Waals surface area contributed by atoms with E-state index < -0.39 is 17.7 Å². The van der Waals surface area contributed by atoms with Crippen molar-refractivity contribution in [2.24, 2.45) is 22.1 Å². The maximum atomic E-state index is 13.8. The molecule has 1 atom stereocenters. The molecular weight excluding hydrogens is 578 g/mol. The number of urea groups is 1. The predicted molar refractivity (Wildman–Crippen MR) is 164 cm³/mol. The number of fused-ring (bicyclic) bond motifs is 3. The number of carbonyl (C=O) groups excluding carboxylic acids is 4. The number of allylic oxidation sites excluding steroid dienone is 1. The van der Waals surface area contributed by atoms with Crippen molar-refractivity contribution in [2.45, 2.75) is 64.5 Å². The second-order valence-corrected chi connectivity index (χ2v) is 13.4. The minimum Gasteiger partial charge on any atom is -0.444 e. The van der Waals surface area contributed by atoms with Crippen molar-refractivity contribution in [2.75, 3.05) is 57.8 Å². The van der Waals surface area contributed by atoms with E-state index in [-0.39, 0.29) is 29.6 Å². The highest BCUT2D eigenvalue weighted by molar-refractivity contribution is 6.19. The number of rotatable bonds is 4. The summed E-state index contributed by atoms with van der Waals surface area (Å²) in [6, 6.07) is 4.56. The lowest BCUT2D eigenvalue weighted by Crippen LogP contribution is -2.49. The molecule has 5 aliphatic rings. The number of nitrogens with zero attached hydrogens (tertiary/aromatic N) is 5. The molecule has 0 aromatic heterocycles. The van der Waals surface area contributed by atoms with Gasteiger partial charge in [-0.2, -0.15) is 10.2 Å². The van der Waals surface area contributed by atoms with Crippen LogP contribution in [0, 0.1) is 11.8 Å². The van der Waals surface area contributed by atoms with E-state index in [0.29, 0.717) is 88.6 Å². The number of carbonyl (C=O) groups is 4. The topological polar surface area (TPSA) is 145 Å². The maximum Gasteiger partial charge on any atom is 0.410 e. The van der Waals surface area contributed by atoms with Crippen molar-refractivity contribution in [3.05, 3.63) is 40.6 Å². The maximum absolute atomic E-state index is 13.8. The van der Waals surface area contributed by atoms with Crippen LogP contribution in [0.15, 0.2) is 39.7 Å². The first kappa shape index (κ1) is 31.2. The first-order valence-electron chi connectivity index (χ1n) is 16.1. The molecule has 2 saturated heterocycles. The average Bonchev–Trinajstić information content (AvgIpc) is 3.45. The highest BCUT2D eigenvalue weighted by Gasteiger charge is 2.44. The third-order valence-corrected chi connectivity index (χ3v) is 9.13. The standard InChI is InChI=1S/C32H43N7O6/c1-32(2,3)45-31(43)38-13-5-12-37(14-15-38)29(41)21-10-8-20(9-11-21)26-25-27(35-34-26)22-6-4-7-23(24(22)28(25)40)33-30(42)36-39-16-18-44-19-17-39/h4,6-7,20-21,27H,5,8-19H2,1-3H3,(H2,33,36,42). The lowest BCUT2D eigenvalue weighted by Gasteiger charge is -2.32. The summed E-state index contributed by atoms with van der Waals surface area (Å²) in [4.78, 5) is 56.2. The number of hydrogen-bond acceptors (Lipinski definition) is 9. The second kappa shape index (κ2) is 12.9. The van der Waals surface area contributed by atoms with E-state index in [4.69, 9.17) is 9.47 Å². The molecule has 13 heteroatoms. The number of nitrogens with one attached hydrogen (secondary N) is 2. The van der Waals surface area contributed by atoms with Gasteiger partial charge in [0.15, 0.2) is 5.78 Å². The zero-order valence-electron chi connectivity index (χ0n) is 26.3. The van der Waals surface area contributed by atoms with Crippen molar-refractivity contribution in [1.29, 1.82) is 0 Å². The van der Waals surface area contributed by atoms with Gasteiger partial charge < -0.3 is 24.6 Å². The number of ether oxygens (including phenoxy) is 2. The first-order valence-corrected chi connectivity index (χ1v) is 16.1. The van der Waals surface area contributed by atoms with Crippen LogP contribution in [-0.2, 0) is 14.3 Å². The average molecular weight is 622 g/mol. The van der Waals surface area contributed by atoms with Crippen molar-refractivity contribution < 1.29 is 28.7 Å². The molecule has 1 aromatic carbocycles. The lowest BCUT2D eigenvalue weighted by molar-refractivity contribution is -0.136. The Morgan fingerprint density at radius 1 is 0.956 bits per heavy atom. The van der Waals surface area contributed by atoms with Gasteiger partial charge in [0, 0.05) is 51.1 Å². The fourth-order valence-electron chi connectivity index (χ4n) is 6.91. The molecule has 3 aliphatic heterocycles. The summed E-state index contributed by atoms with van der Waals surface area (Å²) in [5, 5.41) is 13.7. The molecule has 0 spiro atoms. The molecule has 2 N–H and O–H groups in total. The summed E-state index contributed by atoms with van der Waals surface area (Å²) in [6.45, 7) is 9.98. The van der Waals surface area contributed by atoms with Crippen LogP contribution in [0.2, 0.25) is 0 Å². The van der Waals surface area contributed by atoms with Crippen LogP contribution in [0.1, 0.15) is 74.8 Å². The quantitative estimate of drug-likeness (QED) is 0.510. The van der Waals surface area contributed by atoms with Crippen LogP contribution >= 0.6 is 0 Å². The molecule has 0 bridgehead atoms. The molecular formula is C32H43N7O6. The van der Waals surface area contributed by atoms with Crippen molar-refractivity contribution >= 4 is 29.5 Å². The van der Waals surface area contributed by atoms with E-state index in [0.717, 1.165) is 24.1 Å². The van der Waals surface area contributed by atoms with Gasteiger partial charge in [-0.3, -0.25) is 15.0 Å². The summed E-state index contributed by atoms with van der Waals surface area (Å²) < 4.78 is 10.9. The molecule has 13 nitrogen and oxygen atoms in total. The summed E-state index contributed by atoms with van der Waals surface area (Å²) >= 11 is 0. The van der Waals surface area contributed by atoms with E-state index in [1.165, 1.54) is 0 Å². The van der Waals surface area contributed by atoms with Gasteiger partial charge >= 0.3 is 12.1 Å². The molecule has 4 amide bonds. The monoisotopic (exact) mass is 621 g/mol. The van der Waals surface area contributed by atoms with Crippen molar-refractivity contribution in [3.63, 3.8) is 0 Å². The van der Waals surface area contributed by atoms with Gasteiger partial charge in [-0.1, -0.05) is 12.1 Å². The van der Waals surface area contributed by atoms with Gasteiger partial charge in [0.05, 0.1) is 35.7 Å². The van der Waals surface area contributed by atoms with E-state index in [1.807, 2.05) is 37.8 Å². The van der Waals surface area contributed by atoms with Crippen LogP contribution in [0.4, 0.5) is 15.3 Å². The van der Waals surface area contributed by atoms with Crippen LogP contribution in [-0.4, -0.2) is 96.7 Å². The molecule has 3 heterocycles. The third-order valence-electron chi connectivity index (χ3n) is 9.13. The number of morpholine rings is 1. The highest BCUT2D eigenvalue weighted by Crippen LogP contribution is 2.50. The van der Waals surface area contributed by atoms with Gasteiger partial charge in [0.1, 0.15) is 11.6 Å². The molecule has 6 rings (SSSR count). The largest absolute Gasteiger partial charge is 0.444 e. The third kappa shape index (κ3) is 6.74. The van der Waals surface area contributed by atoms with Gasteiger partial charge in [-0.15, -0.1) is 0 Å². The molecule has 0 radical (unpaired) electrons. The highest BCUT2D eigenvalue weighted by atomic mass is 16.6. The Kier molecular flexibility index (Phi) is 8.91. The normalized spacial score (nSPS) is 25.5. The number of Topliss-reactive ketones (excluding diaryl/α,β-unsaturated/α-hetero) is 1. The number of anilines is 1. The minimum absolute atomic E-state index is 0.0453. The van der Waals surface area contributed by atoms with E-state index in [2.05, 4.69) is 21.0 Å². The van der Waals surface area contributed by atoms with Crippen molar-refractivity contribution in [1.82, 2.24) is 20.2 Å². The summed E-state index contributed by atoms with van der Waals surface area (Å²) in [7, 11) is 0. The van der Waals surface area contributed by atoms with E-state index in [1.54, 1.807) is 16.0 Å². The predicted octanol–water partition coefficient (Wildman–Crippen LogP) is 4.29. The molecule has 1 saturated carbocycles. The molecule has 242 valence electrons. The summed E-state index contributed by atoms with van der Waals surface area (Å²) in [5.41, 5.74) is 5.26. The molecule has 3 fully saturated rings. The number of amides is 4. The Morgan fingerprint density at radius 3 is 2.40 bits per heavy atom. The molecule has 1 aromatic rings. The smallest absolute Gasteiger partial charge is 0.410 e. The van der Waals surface area contributed by atoms with Gasteiger partial charge in [0.25, 0.3) is 0 Å². The fourth-order valence-corrected chi connectivity index (χ4v) is 6.91. The van der Waals surface area contributed by atoms with Crippen LogP contribution in [0.5, 0.6) is 0 Å². The summed E-state index contributed by atoms with van der Waals surface area (Å²) in [5.74, 6) is -0.0525. The Bertz CT molecular complexity index is 1400. The Morgan fingerprint density at radius 2 is 1.67 bits per heavy atom. The minimum atomic E-state index is -0.558.